The molecule has 4 nitrogen and oxygen atoms in total. The second-order valence-electron chi connectivity index (χ2n) is 4.27. The minimum absolute atomic E-state index is 0.0351. The van der Waals surface area contributed by atoms with Gasteiger partial charge in [0.25, 0.3) is 0 Å². The average molecular weight is 255 g/mol. The Morgan fingerprint density at radius 3 is 2.63 bits per heavy atom. The smallest absolute Gasteiger partial charge is 0.225 e. The van der Waals surface area contributed by atoms with Crippen molar-refractivity contribution in [1.29, 1.82) is 0 Å². The van der Waals surface area contributed by atoms with E-state index in [4.69, 9.17) is 0 Å². The van der Waals surface area contributed by atoms with Crippen LogP contribution >= 0.6 is 0 Å². The van der Waals surface area contributed by atoms with Crippen LogP contribution < -0.4 is 10.6 Å². The van der Waals surface area contributed by atoms with E-state index < -0.39 is 0 Å². The van der Waals surface area contributed by atoms with Crippen LogP contribution in [0.5, 0.6) is 0 Å². The van der Waals surface area contributed by atoms with Gasteiger partial charge in [0.05, 0.1) is 11.9 Å². The summed E-state index contributed by atoms with van der Waals surface area (Å²) in [6, 6.07) is 11.7. The lowest BCUT2D eigenvalue weighted by molar-refractivity contribution is -0.115. The predicted octanol–water partition coefficient (Wildman–Crippen LogP) is 3.48. The van der Waals surface area contributed by atoms with Crippen LogP contribution in [0.15, 0.2) is 42.6 Å². The first kappa shape index (κ1) is 13.1. The number of benzene rings is 1. The summed E-state index contributed by atoms with van der Waals surface area (Å²) in [6.07, 6.45) is 2.16. The fourth-order valence-corrected chi connectivity index (χ4v) is 1.64. The van der Waals surface area contributed by atoms with E-state index in [1.165, 1.54) is 5.56 Å². The first-order valence-corrected chi connectivity index (χ1v) is 6.27. The van der Waals surface area contributed by atoms with E-state index in [1.807, 2.05) is 44.2 Å². The molecule has 0 aliphatic rings. The number of carbonyl (C=O) groups excluding carboxylic acids is 1. The number of aryl methyl sites for hydroxylation is 1. The van der Waals surface area contributed by atoms with Gasteiger partial charge >= 0.3 is 0 Å². The van der Waals surface area contributed by atoms with Gasteiger partial charge in [-0.05, 0) is 30.7 Å². The summed E-state index contributed by atoms with van der Waals surface area (Å²) in [5.41, 5.74) is 3.12. The minimum atomic E-state index is -0.0351. The van der Waals surface area contributed by atoms with Crippen LogP contribution in [0.2, 0.25) is 0 Å². The molecule has 0 aliphatic heterocycles. The Labute approximate surface area is 112 Å². The van der Waals surface area contributed by atoms with E-state index >= 15 is 0 Å². The SMILES string of the molecule is CCC(=O)Nc1ccc(Nc2ccccc2C)cn1. The van der Waals surface area contributed by atoms with Gasteiger partial charge in [-0.1, -0.05) is 25.1 Å². The summed E-state index contributed by atoms with van der Waals surface area (Å²) in [4.78, 5) is 15.4. The number of aromatic nitrogens is 1. The number of nitrogens with one attached hydrogen (secondary N) is 2. The van der Waals surface area contributed by atoms with Crippen molar-refractivity contribution in [3.05, 3.63) is 48.2 Å². The van der Waals surface area contributed by atoms with Gasteiger partial charge in [0.1, 0.15) is 5.82 Å². The first-order chi connectivity index (χ1) is 9.19. The van der Waals surface area contributed by atoms with Crippen molar-refractivity contribution >= 4 is 23.1 Å². The Kier molecular flexibility index (Phi) is 4.13. The molecule has 1 aromatic carbocycles. The molecule has 0 saturated carbocycles. The summed E-state index contributed by atoms with van der Waals surface area (Å²) in [5.74, 6) is 0.536. The maximum absolute atomic E-state index is 11.2. The van der Waals surface area contributed by atoms with Crippen molar-refractivity contribution in [2.45, 2.75) is 20.3 Å². The number of carbonyl (C=O) groups is 1. The van der Waals surface area contributed by atoms with Gasteiger partial charge in [-0.25, -0.2) is 4.98 Å². The third kappa shape index (κ3) is 3.55. The Bertz CT molecular complexity index is 564. The van der Waals surface area contributed by atoms with E-state index in [0.717, 1.165) is 11.4 Å². The number of para-hydroxylation sites is 1. The molecule has 0 spiro atoms. The van der Waals surface area contributed by atoms with E-state index in [9.17, 15) is 4.79 Å². The molecule has 1 aromatic heterocycles. The lowest BCUT2D eigenvalue weighted by Gasteiger charge is -2.09. The van der Waals surface area contributed by atoms with Crippen LogP contribution in [0.3, 0.4) is 0 Å². The number of anilines is 3. The van der Waals surface area contributed by atoms with Crippen LogP contribution in [0.25, 0.3) is 0 Å². The Morgan fingerprint density at radius 2 is 2.00 bits per heavy atom. The fourth-order valence-electron chi connectivity index (χ4n) is 1.64. The Balaban J connectivity index is 2.07. The van der Waals surface area contributed by atoms with E-state index in [1.54, 1.807) is 12.3 Å². The highest BCUT2D eigenvalue weighted by Crippen LogP contribution is 2.20. The normalized spacial score (nSPS) is 10.0. The molecule has 4 heteroatoms. The van der Waals surface area contributed by atoms with Crippen molar-refractivity contribution in [3.63, 3.8) is 0 Å². The Hall–Kier alpha value is -2.36. The third-order valence-electron chi connectivity index (χ3n) is 2.78. The minimum Gasteiger partial charge on any atom is -0.354 e. The average Bonchev–Trinajstić information content (AvgIpc) is 2.43. The fraction of sp³-hybridized carbons (Fsp3) is 0.200. The molecule has 0 bridgehead atoms. The lowest BCUT2D eigenvalue weighted by Crippen LogP contribution is -2.10. The topological polar surface area (TPSA) is 54.0 Å². The highest BCUT2D eigenvalue weighted by molar-refractivity contribution is 5.89. The number of nitrogens with zero attached hydrogens (tertiary/aromatic N) is 1. The second kappa shape index (κ2) is 6.00. The molecule has 0 radical (unpaired) electrons. The zero-order chi connectivity index (χ0) is 13.7. The zero-order valence-electron chi connectivity index (χ0n) is 11.1. The maximum atomic E-state index is 11.2. The quantitative estimate of drug-likeness (QED) is 0.879. The van der Waals surface area contributed by atoms with Crippen molar-refractivity contribution in [1.82, 2.24) is 4.98 Å². The molecule has 1 heterocycles. The summed E-state index contributed by atoms with van der Waals surface area (Å²) < 4.78 is 0. The number of rotatable bonds is 4. The summed E-state index contributed by atoms with van der Waals surface area (Å²) in [5, 5.41) is 6.01. The van der Waals surface area contributed by atoms with E-state index in [2.05, 4.69) is 15.6 Å². The van der Waals surface area contributed by atoms with Crippen LogP contribution in [0.1, 0.15) is 18.9 Å². The highest BCUT2D eigenvalue weighted by atomic mass is 16.1. The molecule has 0 unspecified atom stereocenters. The zero-order valence-corrected chi connectivity index (χ0v) is 11.1. The molecule has 0 atom stereocenters. The monoisotopic (exact) mass is 255 g/mol. The van der Waals surface area contributed by atoms with Crippen molar-refractivity contribution in [3.8, 4) is 0 Å². The predicted molar refractivity (Wildman–Crippen MR) is 77.6 cm³/mol. The number of amides is 1. The van der Waals surface area contributed by atoms with Gasteiger partial charge in [-0.3, -0.25) is 4.79 Å². The lowest BCUT2D eigenvalue weighted by atomic mass is 10.2. The van der Waals surface area contributed by atoms with Gasteiger partial charge in [-0.15, -0.1) is 0 Å². The molecule has 2 rings (SSSR count). The molecule has 1 amide bonds. The first-order valence-electron chi connectivity index (χ1n) is 6.27. The van der Waals surface area contributed by atoms with Gasteiger partial charge in [-0.2, -0.15) is 0 Å². The highest BCUT2D eigenvalue weighted by Gasteiger charge is 2.01. The molecule has 0 fully saturated rings. The molecule has 0 aliphatic carbocycles. The van der Waals surface area contributed by atoms with Crippen molar-refractivity contribution in [2.24, 2.45) is 0 Å². The van der Waals surface area contributed by atoms with Gasteiger partial charge in [0, 0.05) is 12.1 Å². The largest absolute Gasteiger partial charge is 0.354 e. The van der Waals surface area contributed by atoms with Crippen LogP contribution in [-0.4, -0.2) is 10.9 Å². The number of hydrogen-bond acceptors (Lipinski definition) is 3. The maximum Gasteiger partial charge on any atom is 0.225 e. The van der Waals surface area contributed by atoms with Crippen molar-refractivity contribution in [2.75, 3.05) is 10.6 Å². The third-order valence-corrected chi connectivity index (χ3v) is 2.78. The molecule has 2 aromatic rings. The molecule has 0 saturated heterocycles. The van der Waals surface area contributed by atoms with E-state index in [0.29, 0.717) is 12.2 Å². The molecule has 19 heavy (non-hydrogen) atoms. The standard InChI is InChI=1S/C15H17N3O/c1-3-15(19)18-14-9-8-12(10-16-14)17-13-7-5-4-6-11(13)2/h4-10,17H,3H2,1-2H3,(H,16,18,19). The number of pyridine rings is 1. The summed E-state index contributed by atoms with van der Waals surface area (Å²) >= 11 is 0. The molecular formula is C15H17N3O. The van der Waals surface area contributed by atoms with E-state index in [-0.39, 0.29) is 5.91 Å². The molecule has 98 valence electrons. The van der Waals surface area contributed by atoms with Gasteiger partial charge < -0.3 is 10.6 Å². The summed E-state index contributed by atoms with van der Waals surface area (Å²) in [7, 11) is 0. The van der Waals surface area contributed by atoms with Gasteiger partial charge in [0.2, 0.25) is 5.91 Å². The van der Waals surface area contributed by atoms with Gasteiger partial charge in [0.15, 0.2) is 0 Å². The van der Waals surface area contributed by atoms with Crippen LogP contribution in [0.4, 0.5) is 17.2 Å². The van der Waals surface area contributed by atoms with Crippen molar-refractivity contribution < 1.29 is 4.79 Å². The van der Waals surface area contributed by atoms with Crippen LogP contribution in [-0.2, 0) is 4.79 Å². The second-order valence-corrected chi connectivity index (χ2v) is 4.27. The Morgan fingerprint density at radius 1 is 1.21 bits per heavy atom. The summed E-state index contributed by atoms with van der Waals surface area (Å²) in [6.45, 7) is 3.86. The van der Waals surface area contributed by atoms with Crippen LogP contribution in [0, 0.1) is 6.92 Å². The molecule has 2 N–H and O–H groups in total. The number of hydrogen-bond donors (Lipinski definition) is 2. The molecular weight excluding hydrogens is 238 g/mol.